The molecule has 5 aromatic rings. The highest BCUT2D eigenvalue weighted by Gasteiger charge is 2.71. The monoisotopic (exact) mass is 665 g/mol. The van der Waals surface area contributed by atoms with Gasteiger partial charge >= 0.3 is 0 Å². The zero-order chi connectivity index (χ0) is 33.6. The fourth-order valence-corrected chi connectivity index (χ4v) is 7.42. The number of nitrogens with one attached hydrogen (secondary N) is 3. The van der Waals surface area contributed by atoms with Crippen LogP contribution in [0, 0.1) is 23.5 Å². The van der Waals surface area contributed by atoms with Crippen LogP contribution in [-0.4, -0.2) is 36.8 Å². The summed E-state index contributed by atoms with van der Waals surface area (Å²) in [5.41, 5.74) is 1.98. The lowest BCUT2D eigenvalue weighted by Gasteiger charge is -2.23. The molecule has 1 aliphatic heterocycles. The average molecular weight is 666 g/mol. The fourth-order valence-electron chi connectivity index (χ4n) is 7.42. The van der Waals surface area contributed by atoms with Crippen LogP contribution in [0.25, 0.3) is 22.2 Å². The van der Waals surface area contributed by atoms with Crippen LogP contribution in [0.3, 0.4) is 0 Å². The largest absolute Gasteiger partial charge is 0.348 e. The number of amides is 2. The Hall–Kier alpha value is -5.21. The zero-order valence-electron chi connectivity index (χ0n) is 25.0. The Morgan fingerprint density at radius 1 is 1.08 bits per heavy atom. The maximum absolute atomic E-state index is 15.4. The number of carbonyl (C=O) groups is 2. The van der Waals surface area contributed by atoms with Gasteiger partial charge in [-0.05, 0) is 59.4 Å². The molecule has 3 aromatic heterocycles. The normalized spacial score (nSPS) is 20.8. The molecular weight excluding hydrogens is 640 g/mol. The summed E-state index contributed by atoms with van der Waals surface area (Å²) in [6.45, 7) is 1.05. The number of nitrogens with zero attached hydrogens (tertiary/aromatic N) is 4. The molecule has 0 bridgehead atoms. The SMILES string of the molecule is C[C@@H]1C2c3c(C(F)F)nn(CC(=O)N[C@@H](Cc4cc(F)cc(F)c4)c4nc5cn[nH]c5cc4-c4ccc5c(c4)CNC5=O)c3C(F)(F)C21. The molecular formula is C33H25F6N7O2. The summed E-state index contributed by atoms with van der Waals surface area (Å²) in [6.07, 6.45) is -1.86. The minimum atomic E-state index is -3.46. The molecule has 2 aliphatic carbocycles. The minimum absolute atomic E-state index is 0.155. The van der Waals surface area contributed by atoms with Crippen molar-refractivity contribution in [2.24, 2.45) is 11.8 Å². The van der Waals surface area contributed by atoms with E-state index in [0.29, 0.717) is 45.0 Å². The second kappa shape index (κ2) is 10.7. The molecule has 4 atom stereocenters. The number of aromatic amines is 1. The summed E-state index contributed by atoms with van der Waals surface area (Å²) in [5.74, 6) is -8.66. The predicted octanol–water partition coefficient (Wildman–Crippen LogP) is 5.84. The molecule has 0 radical (unpaired) electrons. The summed E-state index contributed by atoms with van der Waals surface area (Å²) < 4.78 is 88.0. The Morgan fingerprint density at radius 2 is 1.85 bits per heavy atom. The lowest BCUT2D eigenvalue weighted by atomic mass is 9.93. The number of carbonyl (C=O) groups excluding carboxylic acids is 2. The number of pyridine rings is 1. The second-order valence-electron chi connectivity index (χ2n) is 12.5. The number of hydrogen-bond donors (Lipinski definition) is 3. The maximum Gasteiger partial charge on any atom is 0.293 e. The van der Waals surface area contributed by atoms with E-state index in [0.717, 1.165) is 17.7 Å². The van der Waals surface area contributed by atoms with Gasteiger partial charge in [0, 0.05) is 41.1 Å². The lowest BCUT2D eigenvalue weighted by Crippen LogP contribution is -2.35. The van der Waals surface area contributed by atoms with Crippen molar-refractivity contribution in [2.45, 2.75) is 50.7 Å². The number of fused-ring (bicyclic) bond motifs is 5. The first-order chi connectivity index (χ1) is 22.9. The highest BCUT2D eigenvalue weighted by molar-refractivity contribution is 5.99. The minimum Gasteiger partial charge on any atom is -0.348 e. The molecule has 246 valence electrons. The van der Waals surface area contributed by atoms with E-state index >= 15 is 8.78 Å². The predicted molar refractivity (Wildman–Crippen MR) is 158 cm³/mol. The Kier molecular flexibility index (Phi) is 6.69. The third-order valence-electron chi connectivity index (χ3n) is 9.55. The topological polar surface area (TPSA) is 118 Å². The van der Waals surface area contributed by atoms with E-state index in [4.69, 9.17) is 4.98 Å². The maximum atomic E-state index is 15.4. The number of aromatic nitrogens is 5. The number of benzene rings is 2. The summed E-state index contributed by atoms with van der Waals surface area (Å²) in [6, 6.07) is 8.63. The molecule has 4 heterocycles. The molecule has 8 rings (SSSR count). The number of hydrogen-bond acceptors (Lipinski definition) is 5. The summed E-state index contributed by atoms with van der Waals surface area (Å²) in [7, 11) is 0. The third-order valence-corrected chi connectivity index (χ3v) is 9.55. The molecule has 0 spiro atoms. The Labute approximate surface area is 267 Å². The number of halogens is 6. The van der Waals surface area contributed by atoms with Crippen molar-refractivity contribution < 1.29 is 35.9 Å². The van der Waals surface area contributed by atoms with Gasteiger partial charge in [-0.3, -0.25) is 19.4 Å². The van der Waals surface area contributed by atoms with Gasteiger partial charge in [0.15, 0.2) is 0 Å². The van der Waals surface area contributed by atoms with E-state index in [9.17, 15) is 27.2 Å². The van der Waals surface area contributed by atoms with Crippen molar-refractivity contribution >= 4 is 22.8 Å². The van der Waals surface area contributed by atoms with Gasteiger partial charge in [-0.2, -0.15) is 19.0 Å². The fraction of sp³-hybridized carbons (Fsp3) is 0.303. The van der Waals surface area contributed by atoms with Crippen LogP contribution in [0.1, 0.15) is 69.4 Å². The van der Waals surface area contributed by atoms with Gasteiger partial charge in [0.25, 0.3) is 18.3 Å². The van der Waals surface area contributed by atoms with Crippen LogP contribution in [0.15, 0.2) is 48.7 Å². The molecule has 9 nitrogen and oxygen atoms in total. The Morgan fingerprint density at radius 3 is 2.60 bits per heavy atom. The first-order valence-corrected chi connectivity index (χ1v) is 15.2. The number of alkyl halides is 4. The Balaban J connectivity index is 1.20. The van der Waals surface area contributed by atoms with Crippen molar-refractivity contribution in [3.8, 4) is 11.1 Å². The summed E-state index contributed by atoms with van der Waals surface area (Å²) in [4.78, 5) is 30.6. The quantitative estimate of drug-likeness (QED) is 0.180. The first kappa shape index (κ1) is 30.1. The molecule has 2 unspecified atom stereocenters. The molecule has 0 saturated heterocycles. The third kappa shape index (κ3) is 4.73. The highest BCUT2D eigenvalue weighted by Crippen LogP contribution is 2.71. The summed E-state index contributed by atoms with van der Waals surface area (Å²) in [5, 5.41) is 16.1. The number of rotatable bonds is 8. The van der Waals surface area contributed by atoms with Gasteiger partial charge < -0.3 is 10.6 Å². The Bertz CT molecular complexity index is 2140. The molecule has 3 N–H and O–H groups in total. The van der Waals surface area contributed by atoms with Crippen LogP contribution in [0.4, 0.5) is 26.3 Å². The average Bonchev–Trinajstić information content (AvgIpc) is 3.43. The van der Waals surface area contributed by atoms with E-state index in [2.05, 4.69) is 25.9 Å². The van der Waals surface area contributed by atoms with E-state index in [-0.39, 0.29) is 29.1 Å². The highest BCUT2D eigenvalue weighted by atomic mass is 19.3. The molecule has 2 amide bonds. The zero-order valence-corrected chi connectivity index (χ0v) is 25.0. The van der Waals surface area contributed by atoms with Crippen LogP contribution in [-0.2, 0) is 30.2 Å². The van der Waals surface area contributed by atoms with Crippen LogP contribution >= 0.6 is 0 Å². The molecule has 1 saturated carbocycles. The first-order valence-electron chi connectivity index (χ1n) is 15.2. The second-order valence-corrected chi connectivity index (χ2v) is 12.5. The standard InChI is InChI=1S/C33H25F6N7O2/c1-13-25-26-29(31(36)37)45-46(30(26)33(38,39)27(13)25)12-24(47)42-22(6-14-4-17(34)8-18(35)5-14)28-20(9-21-23(43-28)11-41-44-21)15-2-3-19-16(7-15)10-40-32(19)48/h2-5,7-9,11,13,22,25,27,31H,6,10,12H2,1H3,(H,40,48)(H,41,44)(H,42,47)/t13-,22+,25?,27?/m1/s1. The van der Waals surface area contributed by atoms with Crippen molar-refractivity contribution in [3.63, 3.8) is 0 Å². The smallest absolute Gasteiger partial charge is 0.293 e. The van der Waals surface area contributed by atoms with Crippen LogP contribution < -0.4 is 10.6 Å². The van der Waals surface area contributed by atoms with Gasteiger partial charge in [-0.1, -0.05) is 13.0 Å². The van der Waals surface area contributed by atoms with Gasteiger partial charge in [0.2, 0.25) is 5.91 Å². The van der Waals surface area contributed by atoms with Crippen molar-refractivity contribution in [1.29, 1.82) is 0 Å². The number of H-pyrrole nitrogens is 1. The molecule has 1 fully saturated rings. The molecule has 15 heteroatoms. The summed E-state index contributed by atoms with van der Waals surface area (Å²) >= 11 is 0. The van der Waals surface area contributed by atoms with Crippen molar-refractivity contribution in [3.05, 3.63) is 99.6 Å². The van der Waals surface area contributed by atoms with Gasteiger partial charge in [0.05, 0.1) is 23.4 Å². The van der Waals surface area contributed by atoms with Gasteiger partial charge in [0.1, 0.15) is 35.1 Å². The van der Waals surface area contributed by atoms with Gasteiger partial charge in [-0.15, -0.1) is 0 Å². The van der Waals surface area contributed by atoms with E-state index in [1.165, 1.54) is 6.20 Å². The molecule has 48 heavy (non-hydrogen) atoms. The van der Waals surface area contributed by atoms with Gasteiger partial charge in [-0.25, -0.2) is 22.5 Å². The van der Waals surface area contributed by atoms with Crippen molar-refractivity contribution in [1.82, 2.24) is 35.6 Å². The van der Waals surface area contributed by atoms with Crippen LogP contribution in [0.5, 0.6) is 0 Å². The van der Waals surface area contributed by atoms with Crippen molar-refractivity contribution in [2.75, 3.05) is 0 Å². The lowest BCUT2D eigenvalue weighted by molar-refractivity contribution is -0.123. The van der Waals surface area contributed by atoms with E-state index < -0.39 is 71.6 Å². The van der Waals surface area contributed by atoms with E-state index in [1.807, 2.05) is 0 Å². The molecule has 2 aromatic carbocycles. The van der Waals surface area contributed by atoms with Crippen LogP contribution in [0.2, 0.25) is 0 Å². The van der Waals surface area contributed by atoms with E-state index in [1.54, 1.807) is 31.2 Å². The molecule has 3 aliphatic rings.